The number of alkyl halides is 3. The highest BCUT2D eigenvalue weighted by Crippen LogP contribution is 2.44. The molecule has 1 heterocycles. The van der Waals surface area contributed by atoms with E-state index in [-0.39, 0.29) is 38.0 Å². The molecule has 4 atom stereocenters. The predicted octanol–water partition coefficient (Wildman–Crippen LogP) is 5.15. The van der Waals surface area contributed by atoms with Gasteiger partial charge in [-0.05, 0) is 62.1 Å². The van der Waals surface area contributed by atoms with Gasteiger partial charge >= 0.3 is 6.18 Å². The number of benzene rings is 2. The van der Waals surface area contributed by atoms with Gasteiger partial charge in [0.05, 0.1) is 38.1 Å². The number of fused-ring (bicyclic) bond motifs is 1. The van der Waals surface area contributed by atoms with Gasteiger partial charge in [-0.2, -0.15) is 13.2 Å². The molecule has 2 saturated carbocycles. The summed E-state index contributed by atoms with van der Waals surface area (Å²) in [5.74, 6) is -0.424. The summed E-state index contributed by atoms with van der Waals surface area (Å²) >= 11 is 0. The smallest absolute Gasteiger partial charge is 0.416 e. The lowest BCUT2D eigenvalue weighted by Crippen LogP contribution is -2.60. The predicted molar refractivity (Wildman–Crippen MR) is 135 cm³/mol. The molecule has 1 aliphatic heterocycles. The summed E-state index contributed by atoms with van der Waals surface area (Å²) in [6.07, 6.45) is -3.61. The van der Waals surface area contributed by atoms with E-state index in [9.17, 15) is 18.0 Å². The molecule has 1 N–H and O–H groups in total. The summed E-state index contributed by atoms with van der Waals surface area (Å²) in [7, 11) is 1.59. The van der Waals surface area contributed by atoms with Crippen LogP contribution in [-0.4, -0.2) is 48.8 Å². The highest BCUT2D eigenvalue weighted by atomic mass is 19.4. The number of nitrogens with one attached hydrogen (secondary N) is 1. The average molecular weight is 550 g/mol. The van der Waals surface area contributed by atoms with Crippen LogP contribution < -0.4 is 10.1 Å². The van der Waals surface area contributed by atoms with Crippen LogP contribution in [-0.2, 0) is 43.1 Å². The van der Waals surface area contributed by atoms with E-state index in [0.717, 1.165) is 30.5 Å². The fraction of sp³-hybridized carbons (Fsp3) is 0.552. The van der Waals surface area contributed by atoms with Gasteiger partial charge in [0.15, 0.2) is 11.4 Å². The summed E-state index contributed by atoms with van der Waals surface area (Å²) in [6.45, 7) is 3.83. The van der Waals surface area contributed by atoms with Gasteiger partial charge in [0.25, 0.3) is 5.91 Å². The number of hydrogen-bond acceptors (Lipinski definition) is 6. The molecule has 2 aromatic rings. The van der Waals surface area contributed by atoms with Crippen LogP contribution in [0.2, 0.25) is 0 Å². The van der Waals surface area contributed by atoms with Crippen LogP contribution in [0.15, 0.2) is 48.5 Å². The second kappa shape index (κ2) is 10.7. The highest BCUT2D eigenvalue weighted by Gasteiger charge is 2.58. The molecule has 1 saturated heterocycles. The number of ether oxygens (including phenoxy) is 5. The molecular weight excluding hydrogens is 515 g/mol. The minimum atomic E-state index is -4.41. The molecule has 212 valence electrons. The molecule has 0 bridgehead atoms. The molecule has 0 aromatic heterocycles. The summed E-state index contributed by atoms with van der Waals surface area (Å²) in [5.41, 5.74) is -0.545. The van der Waals surface area contributed by atoms with Crippen molar-refractivity contribution in [2.24, 2.45) is 0 Å². The third kappa shape index (κ3) is 6.57. The normalized spacial score (nSPS) is 28.1. The first-order valence-corrected chi connectivity index (χ1v) is 13.2. The molecule has 2 aromatic carbocycles. The Balaban J connectivity index is 1.38. The molecule has 1 unspecified atom stereocenters. The van der Waals surface area contributed by atoms with E-state index < -0.39 is 41.4 Å². The van der Waals surface area contributed by atoms with Crippen molar-refractivity contribution in [1.82, 2.24) is 5.32 Å². The summed E-state index contributed by atoms with van der Waals surface area (Å²) in [4.78, 5) is 13.7. The third-order valence-electron chi connectivity index (χ3n) is 7.37. The Morgan fingerprint density at radius 1 is 1.03 bits per heavy atom. The molecule has 1 amide bonds. The van der Waals surface area contributed by atoms with Crippen LogP contribution in [0.1, 0.15) is 56.2 Å². The van der Waals surface area contributed by atoms with Crippen molar-refractivity contribution in [3.8, 4) is 5.75 Å². The fourth-order valence-electron chi connectivity index (χ4n) is 5.23. The van der Waals surface area contributed by atoms with Crippen molar-refractivity contribution >= 4 is 5.91 Å². The van der Waals surface area contributed by atoms with Gasteiger partial charge < -0.3 is 29.0 Å². The maximum atomic E-state index is 13.7. The number of amides is 1. The Kier molecular flexibility index (Phi) is 7.67. The fourth-order valence-corrected chi connectivity index (χ4v) is 5.23. The molecule has 5 rings (SSSR count). The zero-order valence-electron chi connectivity index (χ0n) is 22.3. The third-order valence-corrected chi connectivity index (χ3v) is 7.37. The van der Waals surface area contributed by atoms with E-state index in [1.165, 1.54) is 12.1 Å². The monoisotopic (exact) mass is 549 g/mol. The molecule has 10 heteroatoms. The van der Waals surface area contributed by atoms with Crippen molar-refractivity contribution in [3.63, 3.8) is 0 Å². The van der Waals surface area contributed by atoms with E-state index in [0.29, 0.717) is 11.3 Å². The van der Waals surface area contributed by atoms with E-state index in [2.05, 4.69) is 5.32 Å². The SMILES string of the molecule is COc1cccc(CO[C@]2(C(=O)NC3CC3)CC(OCc3ccc(C(F)(F)F)cc3)[C@@H]3OC(C)(C)O[C@@H]3C2)c1. The van der Waals surface area contributed by atoms with E-state index >= 15 is 0 Å². The maximum absolute atomic E-state index is 13.7. The maximum Gasteiger partial charge on any atom is 0.416 e. The first kappa shape index (κ1) is 27.9. The summed E-state index contributed by atoms with van der Waals surface area (Å²) in [5, 5.41) is 3.09. The van der Waals surface area contributed by atoms with Gasteiger partial charge in [0.2, 0.25) is 0 Å². The van der Waals surface area contributed by atoms with Gasteiger partial charge in [-0.15, -0.1) is 0 Å². The van der Waals surface area contributed by atoms with E-state index in [1.807, 2.05) is 24.3 Å². The zero-order valence-corrected chi connectivity index (χ0v) is 22.3. The van der Waals surface area contributed by atoms with Gasteiger partial charge in [-0.1, -0.05) is 24.3 Å². The highest BCUT2D eigenvalue weighted by molar-refractivity contribution is 5.86. The number of carbonyl (C=O) groups excluding carboxylic acids is 1. The molecule has 3 fully saturated rings. The van der Waals surface area contributed by atoms with Crippen LogP contribution >= 0.6 is 0 Å². The number of rotatable bonds is 9. The number of carbonyl (C=O) groups is 1. The van der Waals surface area contributed by atoms with Crippen LogP contribution in [0.5, 0.6) is 5.75 Å². The Labute approximate surface area is 225 Å². The Morgan fingerprint density at radius 2 is 1.77 bits per heavy atom. The average Bonchev–Trinajstić information content (AvgIpc) is 3.65. The van der Waals surface area contributed by atoms with E-state index in [1.54, 1.807) is 21.0 Å². The zero-order chi connectivity index (χ0) is 27.8. The molecule has 39 heavy (non-hydrogen) atoms. The standard InChI is InChI=1S/C29H34F3NO6/c1-27(2)38-24-15-28(26(34)33-21-11-12-21,37-17-19-5-4-6-22(13-19)35-3)14-23(25(24)39-27)36-16-18-7-9-20(10-8-18)29(30,31)32/h4-10,13,21,23-25H,11-12,14-17H2,1-3H3,(H,33,34)/t23?,24-,25+,28-/m1/s1. The van der Waals surface area contributed by atoms with Crippen molar-refractivity contribution < 1.29 is 41.7 Å². The minimum Gasteiger partial charge on any atom is -0.497 e. The number of methoxy groups -OCH3 is 1. The largest absolute Gasteiger partial charge is 0.497 e. The van der Waals surface area contributed by atoms with E-state index in [4.69, 9.17) is 23.7 Å². The number of halogens is 3. The minimum absolute atomic E-state index is 0.0476. The molecule has 0 spiro atoms. The molecule has 0 radical (unpaired) electrons. The summed E-state index contributed by atoms with van der Waals surface area (Å²) in [6, 6.07) is 12.4. The lowest BCUT2D eigenvalue weighted by Gasteiger charge is -2.43. The molecular formula is C29H34F3NO6. The second-order valence-electron chi connectivity index (χ2n) is 11.0. The van der Waals surface area contributed by atoms with Crippen LogP contribution in [0.3, 0.4) is 0 Å². The van der Waals surface area contributed by atoms with Gasteiger partial charge in [-0.3, -0.25) is 4.79 Å². The summed E-state index contributed by atoms with van der Waals surface area (Å²) < 4.78 is 69.4. The van der Waals surface area contributed by atoms with Crippen molar-refractivity contribution in [2.45, 2.75) is 94.7 Å². The first-order valence-electron chi connectivity index (χ1n) is 13.2. The Hall–Kier alpha value is -2.66. The first-order chi connectivity index (χ1) is 18.5. The van der Waals surface area contributed by atoms with Crippen LogP contribution in [0, 0.1) is 0 Å². The molecule has 2 aliphatic carbocycles. The molecule has 3 aliphatic rings. The second-order valence-corrected chi connectivity index (χ2v) is 11.0. The van der Waals surface area contributed by atoms with Crippen molar-refractivity contribution in [1.29, 1.82) is 0 Å². The number of hydrogen-bond donors (Lipinski definition) is 1. The topological polar surface area (TPSA) is 75.3 Å². The quantitative estimate of drug-likeness (QED) is 0.467. The lowest BCUT2D eigenvalue weighted by atomic mass is 9.78. The Morgan fingerprint density at radius 3 is 2.44 bits per heavy atom. The van der Waals surface area contributed by atoms with Gasteiger partial charge in [-0.25, -0.2) is 0 Å². The van der Waals surface area contributed by atoms with Crippen LogP contribution in [0.25, 0.3) is 0 Å². The van der Waals surface area contributed by atoms with Crippen molar-refractivity contribution in [3.05, 3.63) is 65.2 Å². The van der Waals surface area contributed by atoms with Gasteiger partial charge in [0, 0.05) is 18.9 Å². The van der Waals surface area contributed by atoms with Crippen molar-refractivity contribution in [2.75, 3.05) is 7.11 Å². The molecule has 7 nitrogen and oxygen atoms in total. The van der Waals surface area contributed by atoms with Gasteiger partial charge in [0.1, 0.15) is 11.9 Å². The lowest BCUT2D eigenvalue weighted by molar-refractivity contribution is -0.183. The van der Waals surface area contributed by atoms with Crippen LogP contribution in [0.4, 0.5) is 13.2 Å². The Bertz CT molecular complexity index is 1170.